The molecular weight excluding hydrogens is 272 g/mol. The smallest absolute Gasteiger partial charge is 0.328 e. The van der Waals surface area contributed by atoms with E-state index in [1.165, 1.54) is 6.08 Å². The number of rotatable bonds is 6. The summed E-state index contributed by atoms with van der Waals surface area (Å²) in [5.41, 5.74) is 0.756. The van der Waals surface area contributed by atoms with Gasteiger partial charge in [-0.15, -0.1) is 0 Å². The molecule has 0 aliphatic carbocycles. The standard InChI is InChI=1S/C15H18N2O4/c1-16-7-8-17(15(16)20)9-10-21-13-4-2-3-12(11-13)5-6-14(18)19/h2-6,11H,7-10H2,1H3,(H,18,19). The van der Waals surface area contributed by atoms with Gasteiger partial charge in [0, 0.05) is 26.2 Å². The number of hydrogen-bond acceptors (Lipinski definition) is 3. The summed E-state index contributed by atoms with van der Waals surface area (Å²) in [7, 11) is 1.78. The summed E-state index contributed by atoms with van der Waals surface area (Å²) >= 11 is 0. The van der Waals surface area contributed by atoms with E-state index in [1.54, 1.807) is 41.1 Å². The van der Waals surface area contributed by atoms with Crippen molar-refractivity contribution in [2.24, 2.45) is 0 Å². The number of urea groups is 1. The van der Waals surface area contributed by atoms with Gasteiger partial charge in [0.25, 0.3) is 0 Å². The molecule has 6 heteroatoms. The van der Waals surface area contributed by atoms with Gasteiger partial charge in [-0.05, 0) is 23.8 Å². The Hall–Kier alpha value is -2.50. The SMILES string of the molecule is CN1CCN(CCOc2cccc(C=CC(=O)O)c2)C1=O. The van der Waals surface area contributed by atoms with Gasteiger partial charge in [0.05, 0.1) is 6.54 Å². The normalized spacial score (nSPS) is 15.0. The number of hydrogen-bond donors (Lipinski definition) is 1. The molecule has 0 atom stereocenters. The lowest BCUT2D eigenvalue weighted by atomic mass is 10.2. The number of benzene rings is 1. The summed E-state index contributed by atoms with van der Waals surface area (Å²) in [4.78, 5) is 25.6. The van der Waals surface area contributed by atoms with Crippen LogP contribution >= 0.6 is 0 Å². The van der Waals surface area contributed by atoms with Crippen molar-refractivity contribution in [3.05, 3.63) is 35.9 Å². The average molecular weight is 290 g/mol. The van der Waals surface area contributed by atoms with Gasteiger partial charge in [-0.3, -0.25) is 0 Å². The molecule has 0 spiro atoms. The van der Waals surface area contributed by atoms with Crippen molar-refractivity contribution in [3.63, 3.8) is 0 Å². The number of carboxylic acids is 1. The van der Waals surface area contributed by atoms with Crippen LogP contribution in [0.1, 0.15) is 5.56 Å². The second-order valence-electron chi connectivity index (χ2n) is 4.78. The first-order valence-electron chi connectivity index (χ1n) is 6.70. The summed E-state index contributed by atoms with van der Waals surface area (Å²) in [6.07, 6.45) is 2.59. The Bertz CT molecular complexity index is 556. The van der Waals surface area contributed by atoms with Crippen LogP contribution in [0.15, 0.2) is 30.3 Å². The van der Waals surface area contributed by atoms with E-state index in [2.05, 4.69) is 0 Å². The number of ether oxygens (including phenoxy) is 1. The fraction of sp³-hybridized carbons (Fsp3) is 0.333. The highest BCUT2D eigenvalue weighted by Crippen LogP contribution is 2.15. The third-order valence-corrected chi connectivity index (χ3v) is 3.21. The Morgan fingerprint density at radius 2 is 2.24 bits per heavy atom. The molecule has 0 radical (unpaired) electrons. The van der Waals surface area contributed by atoms with E-state index in [0.717, 1.165) is 24.7 Å². The number of aliphatic carboxylic acids is 1. The van der Waals surface area contributed by atoms with E-state index in [0.29, 0.717) is 18.9 Å². The highest BCUT2D eigenvalue weighted by molar-refractivity contribution is 5.85. The number of carboxylic acid groups (broad SMARTS) is 1. The average Bonchev–Trinajstić information content (AvgIpc) is 2.78. The van der Waals surface area contributed by atoms with E-state index >= 15 is 0 Å². The van der Waals surface area contributed by atoms with Crippen LogP contribution in [0.25, 0.3) is 6.08 Å². The molecule has 6 nitrogen and oxygen atoms in total. The van der Waals surface area contributed by atoms with Crippen molar-refractivity contribution in [1.29, 1.82) is 0 Å². The Kier molecular flexibility index (Phi) is 4.81. The Morgan fingerprint density at radius 1 is 1.43 bits per heavy atom. The van der Waals surface area contributed by atoms with Gasteiger partial charge in [-0.1, -0.05) is 12.1 Å². The van der Waals surface area contributed by atoms with E-state index < -0.39 is 5.97 Å². The summed E-state index contributed by atoms with van der Waals surface area (Å²) in [5.74, 6) is -0.333. The van der Waals surface area contributed by atoms with Crippen molar-refractivity contribution < 1.29 is 19.4 Å². The highest BCUT2D eigenvalue weighted by atomic mass is 16.5. The van der Waals surface area contributed by atoms with Crippen LogP contribution in [0.5, 0.6) is 5.75 Å². The maximum absolute atomic E-state index is 11.7. The largest absolute Gasteiger partial charge is 0.492 e. The molecule has 0 unspecified atom stereocenters. The number of carbonyl (C=O) groups excluding carboxylic acids is 1. The van der Waals surface area contributed by atoms with Gasteiger partial charge in [-0.2, -0.15) is 0 Å². The zero-order chi connectivity index (χ0) is 15.2. The summed E-state index contributed by atoms with van der Waals surface area (Å²) in [5, 5.41) is 8.59. The summed E-state index contributed by atoms with van der Waals surface area (Å²) < 4.78 is 5.61. The molecule has 0 saturated carbocycles. The first-order chi connectivity index (χ1) is 10.1. The van der Waals surface area contributed by atoms with Crippen LogP contribution in [0.4, 0.5) is 4.79 Å². The van der Waals surface area contributed by atoms with E-state index in [4.69, 9.17) is 9.84 Å². The molecule has 1 fully saturated rings. The molecule has 1 aromatic carbocycles. The first-order valence-corrected chi connectivity index (χ1v) is 6.70. The van der Waals surface area contributed by atoms with Crippen LogP contribution in [0.2, 0.25) is 0 Å². The van der Waals surface area contributed by atoms with Gasteiger partial charge in [-0.25, -0.2) is 9.59 Å². The van der Waals surface area contributed by atoms with Crippen LogP contribution in [0, 0.1) is 0 Å². The molecule has 1 aliphatic heterocycles. The van der Waals surface area contributed by atoms with Gasteiger partial charge in [0.15, 0.2) is 0 Å². The van der Waals surface area contributed by atoms with Crippen molar-refractivity contribution >= 4 is 18.1 Å². The van der Waals surface area contributed by atoms with Gasteiger partial charge in [0.1, 0.15) is 12.4 Å². The van der Waals surface area contributed by atoms with Crippen molar-refractivity contribution in [1.82, 2.24) is 9.80 Å². The van der Waals surface area contributed by atoms with Crippen LogP contribution < -0.4 is 4.74 Å². The summed E-state index contributed by atoms with van der Waals surface area (Å²) in [6, 6.07) is 7.18. The molecule has 0 bridgehead atoms. The predicted molar refractivity (Wildman–Crippen MR) is 78.2 cm³/mol. The molecule has 1 heterocycles. The third-order valence-electron chi connectivity index (χ3n) is 3.21. The van der Waals surface area contributed by atoms with Gasteiger partial charge >= 0.3 is 12.0 Å². The molecule has 2 rings (SSSR count). The molecule has 2 amide bonds. The summed E-state index contributed by atoms with van der Waals surface area (Å²) in [6.45, 7) is 2.42. The van der Waals surface area contributed by atoms with Crippen LogP contribution in [-0.4, -0.2) is 60.2 Å². The van der Waals surface area contributed by atoms with Crippen molar-refractivity contribution in [2.45, 2.75) is 0 Å². The maximum atomic E-state index is 11.7. The zero-order valence-electron chi connectivity index (χ0n) is 11.9. The Morgan fingerprint density at radius 3 is 2.90 bits per heavy atom. The number of amides is 2. The molecule has 1 aliphatic rings. The number of likely N-dealkylation sites (N-methyl/N-ethyl adjacent to an activating group) is 1. The number of carbonyl (C=O) groups is 2. The third kappa shape index (κ3) is 4.24. The van der Waals surface area contributed by atoms with Gasteiger partial charge in [0.2, 0.25) is 0 Å². The Labute approximate surface area is 123 Å². The maximum Gasteiger partial charge on any atom is 0.328 e. The topological polar surface area (TPSA) is 70.1 Å². The predicted octanol–water partition coefficient (Wildman–Crippen LogP) is 1.53. The number of nitrogens with zero attached hydrogens (tertiary/aromatic N) is 2. The van der Waals surface area contributed by atoms with Crippen LogP contribution in [-0.2, 0) is 4.79 Å². The lowest BCUT2D eigenvalue weighted by Gasteiger charge is -2.16. The quantitative estimate of drug-likeness (QED) is 0.807. The molecule has 0 aromatic heterocycles. The monoisotopic (exact) mass is 290 g/mol. The molecule has 1 aromatic rings. The Balaban J connectivity index is 1.85. The lowest BCUT2D eigenvalue weighted by Crippen LogP contribution is -2.32. The second kappa shape index (κ2) is 6.78. The first kappa shape index (κ1) is 14.9. The van der Waals surface area contributed by atoms with E-state index in [-0.39, 0.29) is 6.03 Å². The van der Waals surface area contributed by atoms with E-state index in [1.807, 2.05) is 0 Å². The minimum Gasteiger partial charge on any atom is -0.492 e. The molecular formula is C15H18N2O4. The molecule has 1 N–H and O–H groups in total. The molecule has 1 saturated heterocycles. The fourth-order valence-corrected chi connectivity index (χ4v) is 2.06. The van der Waals surface area contributed by atoms with Gasteiger partial charge < -0.3 is 19.6 Å². The van der Waals surface area contributed by atoms with Crippen LogP contribution in [0.3, 0.4) is 0 Å². The highest BCUT2D eigenvalue weighted by Gasteiger charge is 2.24. The lowest BCUT2D eigenvalue weighted by molar-refractivity contribution is -0.131. The minimum atomic E-state index is -0.988. The minimum absolute atomic E-state index is 0.0248. The second-order valence-corrected chi connectivity index (χ2v) is 4.78. The van der Waals surface area contributed by atoms with Crippen molar-refractivity contribution in [3.8, 4) is 5.75 Å². The molecule has 21 heavy (non-hydrogen) atoms. The zero-order valence-corrected chi connectivity index (χ0v) is 11.9. The fourth-order valence-electron chi connectivity index (χ4n) is 2.06. The van der Waals surface area contributed by atoms with Crippen molar-refractivity contribution in [2.75, 3.05) is 33.3 Å². The molecule has 112 valence electrons. The van der Waals surface area contributed by atoms with E-state index in [9.17, 15) is 9.59 Å².